The van der Waals surface area contributed by atoms with Gasteiger partial charge in [0.25, 0.3) is 0 Å². The van der Waals surface area contributed by atoms with E-state index in [1.165, 1.54) is 5.56 Å². The summed E-state index contributed by atoms with van der Waals surface area (Å²) < 4.78 is 15.9. The van der Waals surface area contributed by atoms with Gasteiger partial charge in [0.15, 0.2) is 7.14 Å². The predicted molar refractivity (Wildman–Crippen MR) is 128 cm³/mol. The minimum Gasteiger partial charge on any atom is -0.374 e. The number of benzene rings is 3. The van der Waals surface area contributed by atoms with E-state index in [-0.39, 0.29) is 11.2 Å². The summed E-state index contributed by atoms with van der Waals surface area (Å²) in [7, 11) is -2.90. The van der Waals surface area contributed by atoms with E-state index in [4.69, 9.17) is 0 Å². The van der Waals surface area contributed by atoms with Crippen molar-refractivity contribution >= 4 is 39.4 Å². The molecule has 0 aliphatic carbocycles. The third kappa shape index (κ3) is 3.83. The lowest BCUT2D eigenvalue weighted by Crippen LogP contribution is -2.38. The first kappa shape index (κ1) is 20.4. The van der Waals surface area contributed by atoms with Crippen molar-refractivity contribution < 1.29 is 4.57 Å². The van der Waals surface area contributed by atoms with Crippen LogP contribution in [0.4, 0.5) is 5.69 Å². The Morgan fingerprint density at radius 3 is 1.97 bits per heavy atom. The molecule has 1 aliphatic rings. The van der Waals surface area contributed by atoms with Gasteiger partial charge < -0.3 is 9.88 Å². The number of hydrogen-bond donors (Lipinski definition) is 1. The fraction of sp³-hybridized carbons (Fsp3) is 0.280. The van der Waals surface area contributed by atoms with E-state index in [1.54, 1.807) is 0 Å². The Kier molecular flexibility index (Phi) is 5.48. The second kappa shape index (κ2) is 7.78. The first-order valence-electron chi connectivity index (χ1n) is 10.1. The summed E-state index contributed by atoms with van der Waals surface area (Å²) in [6, 6.07) is 26.4. The average Bonchev–Trinajstić information content (AvgIpc) is 2.72. The van der Waals surface area contributed by atoms with Gasteiger partial charge in [0.1, 0.15) is 0 Å². The first-order chi connectivity index (χ1) is 13.8. The fourth-order valence-electron chi connectivity index (χ4n) is 4.41. The SMILES string of the molecule is CC(C)(C)C1CC(P(=O)(c2ccccc2)c2ccccc2)Nc2cc(Br)ccc21. The van der Waals surface area contributed by atoms with E-state index >= 15 is 0 Å². The van der Waals surface area contributed by atoms with Crippen LogP contribution in [0.25, 0.3) is 0 Å². The number of nitrogens with one attached hydrogen (secondary N) is 1. The summed E-state index contributed by atoms with van der Waals surface area (Å²) >= 11 is 3.61. The van der Waals surface area contributed by atoms with Crippen molar-refractivity contribution in [3.63, 3.8) is 0 Å². The highest BCUT2D eigenvalue weighted by Gasteiger charge is 2.43. The Labute approximate surface area is 182 Å². The minimum absolute atomic E-state index is 0.0706. The van der Waals surface area contributed by atoms with Gasteiger partial charge in [-0.1, -0.05) is 103 Å². The highest BCUT2D eigenvalue weighted by atomic mass is 79.9. The Hall–Kier alpha value is -1.83. The molecule has 0 spiro atoms. The molecule has 4 heteroatoms. The molecule has 2 unspecified atom stereocenters. The van der Waals surface area contributed by atoms with Crippen molar-refractivity contribution in [3.05, 3.63) is 88.9 Å². The van der Waals surface area contributed by atoms with Gasteiger partial charge in [-0.2, -0.15) is 0 Å². The van der Waals surface area contributed by atoms with E-state index in [0.717, 1.165) is 27.2 Å². The van der Waals surface area contributed by atoms with Crippen LogP contribution in [0.5, 0.6) is 0 Å². The van der Waals surface area contributed by atoms with Crippen molar-refractivity contribution in [2.45, 2.75) is 38.9 Å². The lowest BCUT2D eigenvalue weighted by atomic mass is 9.73. The van der Waals surface area contributed by atoms with Crippen molar-refractivity contribution in [3.8, 4) is 0 Å². The fourth-order valence-corrected chi connectivity index (χ4v) is 7.85. The van der Waals surface area contributed by atoms with Crippen molar-refractivity contribution in [1.29, 1.82) is 0 Å². The minimum atomic E-state index is -2.90. The monoisotopic (exact) mass is 467 g/mol. The third-order valence-electron chi connectivity index (χ3n) is 5.94. The van der Waals surface area contributed by atoms with Gasteiger partial charge >= 0.3 is 0 Å². The van der Waals surface area contributed by atoms with Crippen LogP contribution in [0, 0.1) is 5.41 Å². The van der Waals surface area contributed by atoms with Gasteiger partial charge in [-0.15, -0.1) is 0 Å². The molecule has 1 heterocycles. The molecule has 29 heavy (non-hydrogen) atoms. The van der Waals surface area contributed by atoms with Crippen LogP contribution in [0.3, 0.4) is 0 Å². The van der Waals surface area contributed by atoms with Crippen LogP contribution in [-0.4, -0.2) is 5.78 Å². The lowest BCUT2D eigenvalue weighted by Gasteiger charge is -2.43. The number of anilines is 1. The molecule has 2 atom stereocenters. The molecule has 0 fully saturated rings. The second-order valence-corrected chi connectivity index (χ2v) is 12.8. The molecular weight excluding hydrogens is 441 g/mol. The maximum absolute atomic E-state index is 14.9. The van der Waals surface area contributed by atoms with Gasteiger partial charge in [-0.05, 0) is 35.4 Å². The number of halogens is 1. The zero-order valence-corrected chi connectivity index (χ0v) is 19.6. The van der Waals surface area contributed by atoms with Gasteiger partial charge in [-0.3, -0.25) is 0 Å². The number of rotatable bonds is 3. The molecule has 3 aromatic rings. The Morgan fingerprint density at radius 1 is 0.897 bits per heavy atom. The Balaban J connectivity index is 1.89. The number of fused-ring (bicyclic) bond motifs is 1. The van der Waals surface area contributed by atoms with E-state index in [0.29, 0.717) is 5.92 Å². The number of hydrogen-bond acceptors (Lipinski definition) is 2. The maximum Gasteiger partial charge on any atom is 0.164 e. The van der Waals surface area contributed by atoms with Crippen LogP contribution in [0.15, 0.2) is 83.3 Å². The summed E-state index contributed by atoms with van der Waals surface area (Å²) in [6.07, 6.45) is 0.833. The normalized spacial score (nSPS) is 19.3. The van der Waals surface area contributed by atoms with Crippen molar-refractivity contribution in [2.24, 2.45) is 5.41 Å². The van der Waals surface area contributed by atoms with Gasteiger partial charge in [0.2, 0.25) is 0 Å². The topological polar surface area (TPSA) is 29.1 Å². The molecule has 1 N–H and O–H groups in total. The molecule has 0 radical (unpaired) electrons. The molecule has 1 aliphatic heterocycles. The molecule has 4 rings (SSSR count). The summed E-state index contributed by atoms with van der Waals surface area (Å²) in [5, 5.41) is 5.51. The zero-order chi connectivity index (χ0) is 20.6. The highest BCUT2D eigenvalue weighted by molar-refractivity contribution is 9.10. The quantitative estimate of drug-likeness (QED) is 0.432. The van der Waals surface area contributed by atoms with Gasteiger partial charge in [0, 0.05) is 20.8 Å². The Morgan fingerprint density at radius 2 is 1.45 bits per heavy atom. The van der Waals surface area contributed by atoms with Crippen molar-refractivity contribution in [2.75, 3.05) is 5.32 Å². The molecular formula is C25H27BrNOP. The second-order valence-electron chi connectivity index (χ2n) is 8.88. The van der Waals surface area contributed by atoms with Crippen LogP contribution in [0.2, 0.25) is 0 Å². The molecule has 0 aromatic heterocycles. The smallest absolute Gasteiger partial charge is 0.164 e. The van der Waals surface area contributed by atoms with E-state index in [9.17, 15) is 4.57 Å². The van der Waals surface area contributed by atoms with E-state index < -0.39 is 7.14 Å². The highest BCUT2D eigenvalue weighted by Crippen LogP contribution is 2.57. The molecule has 3 aromatic carbocycles. The van der Waals surface area contributed by atoms with Crippen LogP contribution in [-0.2, 0) is 4.57 Å². The van der Waals surface area contributed by atoms with Crippen LogP contribution < -0.4 is 15.9 Å². The van der Waals surface area contributed by atoms with Gasteiger partial charge in [-0.25, -0.2) is 0 Å². The maximum atomic E-state index is 14.9. The third-order valence-corrected chi connectivity index (χ3v) is 9.78. The lowest BCUT2D eigenvalue weighted by molar-refractivity contribution is 0.300. The van der Waals surface area contributed by atoms with Crippen molar-refractivity contribution in [1.82, 2.24) is 0 Å². The molecule has 0 bridgehead atoms. The molecule has 0 amide bonds. The first-order valence-corrected chi connectivity index (χ1v) is 12.6. The summed E-state index contributed by atoms with van der Waals surface area (Å²) in [5.41, 5.74) is 2.47. The van der Waals surface area contributed by atoms with E-state index in [1.807, 2.05) is 60.7 Å². The molecule has 2 nitrogen and oxygen atoms in total. The predicted octanol–water partition coefficient (Wildman–Crippen LogP) is 6.73. The van der Waals surface area contributed by atoms with Crippen LogP contribution in [0.1, 0.15) is 38.7 Å². The summed E-state index contributed by atoms with van der Waals surface area (Å²) in [6.45, 7) is 6.84. The van der Waals surface area contributed by atoms with Crippen LogP contribution >= 0.6 is 23.1 Å². The van der Waals surface area contributed by atoms with Gasteiger partial charge in [0.05, 0.1) is 5.78 Å². The molecule has 0 saturated carbocycles. The Bertz CT molecular complexity index is 1000. The summed E-state index contributed by atoms with van der Waals surface area (Å²) in [4.78, 5) is 0. The van der Waals surface area contributed by atoms with E-state index in [2.05, 4.69) is 60.2 Å². The molecule has 0 saturated heterocycles. The zero-order valence-electron chi connectivity index (χ0n) is 17.1. The standard InChI is InChI=1S/C25H27BrNOP/c1-25(2,3)22-17-24(27-23-16-18(26)14-15-21(22)23)29(28,19-10-6-4-7-11-19)20-12-8-5-9-13-20/h4-16,22,24,27H,17H2,1-3H3. The largest absolute Gasteiger partial charge is 0.374 e. The molecule has 150 valence electrons. The average molecular weight is 468 g/mol. The summed E-state index contributed by atoms with van der Waals surface area (Å²) in [5.74, 6) is 0.163.